The summed E-state index contributed by atoms with van der Waals surface area (Å²) in [7, 11) is 3.93. The van der Waals surface area contributed by atoms with Crippen molar-refractivity contribution in [2.75, 3.05) is 55.5 Å². The van der Waals surface area contributed by atoms with E-state index in [-0.39, 0.29) is 5.91 Å². The topological polar surface area (TPSA) is 57.7 Å². The summed E-state index contributed by atoms with van der Waals surface area (Å²) in [5.41, 5.74) is 2.20. The van der Waals surface area contributed by atoms with Gasteiger partial charge in [0.25, 0.3) is 5.91 Å². The van der Waals surface area contributed by atoms with Crippen LogP contribution in [0.1, 0.15) is 10.5 Å². The van der Waals surface area contributed by atoms with Gasteiger partial charge in [0, 0.05) is 38.6 Å². The van der Waals surface area contributed by atoms with Gasteiger partial charge in [0.05, 0.1) is 13.2 Å². The van der Waals surface area contributed by atoms with Gasteiger partial charge in [-0.1, -0.05) is 12.1 Å². The van der Waals surface area contributed by atoms with E-state index in [4.69, 9.17) is 4.74 Å². The number of anilines is 3. The molecule has 1 aromatic heterocycles. The SMILES string of the molecule is CN(C)c1cccc(NC(=O)c2cccc(N3CCOCC3)n2)c1. The predicted molar refractivity (Wildman–Crippen MR) is 96.0 cm³/mol. The van der Waals surface area contributed by atoms with Crippen molar-refractivity contribution in [2.45, 2.75) is 0 Å². The van der Waals surface area contributed by atoms with Crippen LogP contribution in [-0.4, -0.2) is 51.3 Å². The Morgan fingerprint density at radius 2 is 1.92 bits per heavy atom. The minimum atomic E-state index is -0.207. The Morgan fingerprint density at radius 1 is 1.17 bits per heavy atom. The van der Waals surface area contributed by atoms with Crippen LogP contribution in [0, 0.1) is 0 Å². The summed E-state index contributed by atoms with van der Waals surface area (Å²) in [6.07, 6.45) is 0. The highest BCUT2D eigenvalue weighted by Crippen LogP contribution is 2.19. The fourth-order valence-corrected chi connectivity index (χ4v) is 2.58. The molecular formula is C18H22N4O2. The predicted octanol–water partition coefficient (Wildman–Crippen LogP) is 2.24. The molecule has 6 heteroatoms. The lowest BCUT2D eigenvalue weighted by Crippen LogP contribution is -2.37. The number of carbonyl (C=O) groups excluding carboxylic acids is 1. The molecule has 6 nitrogen and oxygen atoms in total. The summed E-state index contributed by atoms with van der Waals surface area (Å²) in [5.74, 6) is 0.606. The highest BCUT2D eigenvalue weighted by atomic mass is 16.5. The van der Waals surface area contributed by atoms with E-state index in [9.17, 15) is 4.79 Å². The highest BCUT2D eigenvalue weighted by Gasteiger charge is 2.15. The summed E-state index contributed by atoms with van der Waals surface area (Å²) in [5, 5.41) is 2.91. The van der Waals surface area contributed by atoms with Gasteiger partial charge in [-0.3, -0.25) is 4.79 Å². The molecule has 2 aromatic rings. The van der Waals surface area contributed by atoms with Gasteiger partial charge in [0.2, 0.25) is 0 Å². The summed E-state index contributed by atoms with van der Waals surface area (Å²) in [6, 6.07) is 13.2. The summed E-state index contributed by atoms with van der Waals surface area (Å²) >= 11 is 0. The van der Waals surface area contributed by atoms with Crippen molar-refractivity contribution in [1.82, 2.24) is 4.98 Å². The van der Waals surface area contributed by atoms with E-state index >= 15 is 0 Å². The Kier molecular flexibility index (Phi) is 4.96. The van der Waals surface area contributed by atoms with Crippen LogP contribution >= 0.6 is 0 Å². The van der Waals surface area contributed by atoms with Crippen LogP contribution in [0.4, 0.5) is 17.2 Å². The molecule has 0 bridgehead atoms. The van der Waals surface area contributed by atoms with E-state index in [2.05, 4.69) is 15.2 Å². The van der Waals surface area contributed by atoms with Gasteiger partial charge in [-0.25, -0.2) is 4.98 Å². The van der Waals surface area contributed by atoms with Crippen molar-refractivity contribution in [3.05, 3.63) is 48.2 Å². The van der Waals surface area contributed by atoms with Gasteiger partial charge in [0.15, 0.2) is 0 Å². The van der Waals surface area contributed by atoms with Crippen LogP contribution in [0.15, 0.2) is 42.5 Å². The molecule has 0 unspecified atom stereocenters. The molecular weight excluding hydrogens is 304 g/mol. The smallest absolute Gasteiger partial charge is 0.274 e. The van der Waals surface area contributed by atoms with Crippen molar-refractivity contribution in [1.29, 1.82) is 0 Å². The van der Waals surface area contributed by atoms with Crippen molar-refractivity contribution in [3.8, 4) is 0 Å². The zero-order valence-corrected chi connectivity index (χ0v) is 14.0. The number of rotatable bonds is 4. The monoisotopic (exact) mass is 326 g/mol. The first-order chi connectivity index (χ1) is 11.6. The molecule has 24 heavy (non-hydrogen) atoms. The van der Waals surface area contributed by atoms with Crippen LogP contribution in [-0.2, 0) is 4.74 Å². The maximum absolute atomic E-state index is 12.5. The number of hydrogen-bond acceptors (Lipinski definition) is 5. The molecule has 1 saturated heterocycles. The fourth-order valence-electron chi connectivity index (χ4n) is 2.58. The van der Waals surface area contributed by atoms with Gasteiger partial charge >= 0.3 is 0 Å². The molecule has 0 radical (unpaired) electrons. The molecule has 0 saturated carbocycles. The lowest BCUT2D eigenvalue weighted by Gasteiger charge is -2.27. The van der Waals surface area contributed by atoms with E-state index in [1.165, 1.54) is 0 Å². The molecule has 1 aliphatic heterocycles. The minimum absolute atomic E-state index is 0.207. The second-order valence-corrected chi connectivity index (χ2v) is 5.88. The third-order valence-electron chi connectivity index (χ3n) is 3.92. The first-order valence-electron chi connectivity index (χ1n) is 8.02. The summed E-state index contributed by atoms with van der Waals surface area (Å²) in [4.78, 5) is 21.1. The maximum Gasteiger partial charge on any atom is 0.274 e. The van der Waals surface area contributed by atoms with E-state index in [0.29, 0.717) is 18.9 Å². The average molecular weight is 326 g/mol. The lowest BCUT2D eigenvalue weighted by atomic mass is 10.2. The highest BCUT2D eigenvalue weighted by molar-refractivity contribution is 6.03. The van der Waals surface area contributed by atoms with Crippen LogP contribution in [0.25, 0.3) is 0 Å². The molecule has 2 heterocycles. The van der Waals surface area contributed by atoms with Crippen LogP contribution in [0.5, 0.6) is 0 Å². The molecule has 0 spiro atoms. The van der Waals surface area contributed by atoms with Crippen molar-refractivity contribution in [2.24, 2.45) is 0 Å². The van der Waals surface area contributed by atoms with E-state index in [0.717, 1.165) is 30.3 Å². The van der Waals surface area contributed by atoms with Gasteiger partial charge in [-0.05, 0) is 30.3 Å². The fraction of sp³-hybridized carbons (Fsp3) is 0.333. The first kappa shape index (κ1) is 16.3. The minimum Gasteiger partial charge on any atom is -0.378 e. The number of nitrogens with one attached hydrogen (secondary N) is 1. The molecule has 0 aliphatic carbocycles. The molecule has 0 atom stereocenters. The molecule has 1 aromatic carbocycles. The molecule has 1 fully saturated rings. The first-order valence-corrected chi connectivity index (χ1v) is 8.02. The van der Waals surface area contributed by atoms with Crippen LogP contribution < -0.4 is 15.1 Å². The van der Waals surface area contributed by atoms with Crippen molar-refractivity contribution < 1.29 is 9.53 Å². The molecule has 126 valence electrons. The largest absolute Gasteiger partial charge is 0.378 e. The Hall–Kier alpha value is -2.60. The molecule has 3 rings (SSSR count). The van der Waals surface area contributed by atoms with Crippen LogP contribution in [0.3, 0.4) is 0 Å². The maximum atomic E-state index is 12.5. The van der Waals surface area contributed by atoms with Gasteiger partial charge in [-0.2, -0.15) is 0 Å². The van der Waals surface area contributed by atoms with Gasteiger partial charge in [-0.15, -0.1) is 0 Å². The van der Waals surface area contributed by atoms with Crippen molar-refractivity contribution in [3.63, 3.8) is 0 Å². The molecule has 1 amide bonds. The van der Waals surface area contributed by atoms with E-state index in [1.807, 2.05) is 55.4 Å². The van der Waals surface area contributed by atoms with E-state index < -0.39 is 0 Å². The molecule has 1 N–H and O–H groups in total. The normalized spacial score (nSPS) is 14.3. The average Bonchev–Trinajstić information content (AvgIpc) is 2.63. The van der Waals surface area contributed by atoms with E-state index in [1.54, 1.807) is 6.07 Å². The number of nitrogens with zero attached hydrogens (tertiary/aromatic N) is 3. The Bertz CT molecular complexity index is 712. The lowest BCUT2D eigenvalue weighted by molar-refractivity contribution is 0.102. The van der Waals surface area contributed by atoms with Crippen LogP contribution in [0.2, 0.25) is 0 Å². The number of hydrogen-bond donors (Lipinski definition) is 1. The zero-order chi connectivity index (χ0) is 16.9. The zero-order valence-electron chi connectivity index (χ0n) is 14.0. The number of pyridine rings is 1. The third kappa shape index (κ3) is 3.83. The second kappa shape index (κ2) is 7.31. The Labute approximate surface area is 142 Å². The number of carbonyl (C=O) groups is 1. The number of ether oxygens (including phenoxy) is 1. The number of benzene rings is 1. The Morgan fingerprint density at radius 3 is 2.67 bits per heavy atom. The Balaban J connectivity index is 1.74. The number of morpholine rings is 1. The van der Waals surface area contributed by atoms with Crippen molar-refractivity contribution >= 4 is 23.1 Å². The van der Waals surface area contributed by atoms with Gasteiger partial charge < -0.3 is 19.9 Å². The molecule has 1 aliphatic rings. The van der Waals surface area contributed by atoms with Gasteiger partial charge in [0.1, 0.15) is 11.5 Å². The standard InChI is InChI=1S/C18H22N4O2/c1-21(2)15-6-3-5-14(13-15)19-18(23)16-7-4-8-17(20-16)22-9-11-24-12-10-22/h3-8,13H,9-12H2,1-2H3,(H,19,23). The quantitative estimate of drug-likeness (QED) is 0.934. The number of aromatic nitrogens is 1. The third-order valence-corrected chi connectivity index (χ3v) is 3.92. The number of amides is 1. The summed E-state index contributed by atoms with van der Waals surface area (Å²) < 4.78 is 5.36. The second-order valence-electron chi connectivity index (χ2n) is 5.88. The summed E-state index contributed by atoms with van der Waals surface area (Å²) in [6.45, 7) is 2.97.